The molecule has 2 saturated heterocycles. The second-order valence-electron chi connectivity index (χ2n) is 4.75. The van der Waals surface area contributed by atoms with Crippen molar-refractivity contribution in [3.8, 4) is 0 Å². The van der Waals surface area contributed by atoms with Crippen molar-refractivity contribution in [3.05, 3.63) is 0 Å². The average molecular weight is 228 g/mol. The van der Waals surface area contributed by atoms with Gasteiger partial charge in [0.15, 0.2) is 0 Å². The maximum Gasteiger partial charge on any atom is 0.226 e. The molecule has 0 aliphatic carbocycles. The van der Waals surface area contributed by atoms with Crippen molar-refractivity contribution < 1.29 is 4.79 Å². The third-order valence-electron chi connectivity index (χ3n) is 3.56. The lowest BCUT2D eigenvalue weighted by atomic mass is 10.0. The van der Waals surface area contributed by atoms with E-state index in [1.54, 1.807) is 0 Å². The second-order valence-corrected chi connectivity index (χ2v) is 5.90. The predicted octanol–water partition coefficient (Wildman–Crippen LogP) is 0.935. The normalized spacial score (nSPS) is 33.3. The van der Waals surface area contributed by atoms with E-state index in [1.807, 2.05) is 23.6 Å². The van der Waals surface area contributed by atoms with Crippen LogP contribution in [0.4, 0.5) is 0 Å². The van der Waals surface area contributed by atoms with Crippen LogP contribution < -0.4 is 5.73 Å². The third kappa shape index (κ3) is 2.48. The van der Waals surface area contributed by atoms with Crippen LogP contribution in [-0.2, 0) is 4.79 Å². The van der Waals surface area contributed by atoms with E-state index in [4.69, 9.17) is 5.73 Å². The Bertz CT molecular complexity index is 239. The molecule has 4 heteroatoms. The van der Waals surface area contributed by atoms with Gasteiger partial charge in [0.1, 0.15) is 0 Å². The number of nitrogens with two attached hydrogens (primary N) is 1. The zero-order valence-corrected chi connectivity index (χ0v) is 10.1. The monoisotopic (exact) mass is 228 g/mol. The van der Waals surface area contributed by atoms with Gasteiger partial charge in [-0.3, -0.25) is 4.79 Å². The van der Waals surface area contributed by atoms with Crippen LogP contribution in [0, 0.1) is 11.8 Å². The van der Waals surface area contributed by atoms with E-state index in [0.717, 1.165) is 37.4 Å². The average Bonchev–Trinajstić information content (AvgIpc) is 2.88. The van der Waals surface area contributed by atoms with Crippen molar-refractivity contribution >= 4 is 17.7 Å². The highest BCUT2D eigenvalue weighted by Crippen LogP contribution is 2.28. The van der Waals surface area contributed by atoms with Gasteiger partial charge < -0.3 is 10.6 Å². The fourth-order valence-electron chi connectivity index (χ4n) is 2.40. The summed E-state index contributed by atoms with van der Waals surface area (Å²) in [6, 6.07) is 0.223. The number of thioether (sulfide) groups is 1. The summed E-state index contributed by atoms with van der Waals surface area (Å²) in [5.41, 5.74) is 5.87. The molecule has 1 amide bonds. The van der Waals surface area contributed by atoms with Crippen LogP contribution in [0.3, 0.4) is 0 Å². The molecule has 0 aromatic rings. The van der Waals surface area contributed by atoms with E-state index < -0.39 is 0 Å². The van der Waals surface area contributed by atoms with E-state index in [2.05, 4.69) is 0 Å². The topological polar surface area (TPSA) is 46.3 Å². The van der Waals surface area contributed by atoms with Crippen molar-refractivity contribution in [1.29, 1.82) is 0 Å². The highest BCUT2D eigenvalue weighted by Gasteiger charge is 2.33. The molecule has 3 unspecified atom stereocenters. The van der Waals surface area contributed by atoms with E-state index >= 15 is 0 Å². The second kappa shape index (κ2) is 4.74. The molecule has 2 aliphatic heterocycles. The van der Waals surface area contributed by atoms with E-state index in [-0.39, 0.29) is 6.04 Å². The van der Waals surface area contributed by atoms with Gasteiger partial charge in [0.2, 0.25) is 5.91 Å². The maximum absolute atomic E-state index is 12.1. The smallest absolute Gasteiger partial charge is 0.226 e. The summed E-state index contributed by atoms with van der Waals surface area (Å²) < 4.78 is 0. The first-order valence-corrected chi connectivity index (χ1v) is 6.96. The Balaban J connectivity index is 1.87. The van der Waals surface area contributed by atoms with Crippen LogP contribution in [0.2, 0.25) is 0 Å². The molecule has 2 aliphatic rings. The first-order valence-electron chi connectivity index (χ1n) is 5.80. The highest BCUT2D eigenvalue weighted by atomic mass is 32.2. The van der Waals surface area contributed by atoms with E-state index in [1.165, 1.54) is 0 Å². The van der Waals surface area contributed by atoms with Crippen LogP contribution in [-0.4, -0.2) is 41.4 Å². The minimum Gasteiger partial charge on any atom is -0.342 e. The third-order valence-corrected chi connectivity index (χ3v) is 4.72. The molecule has 0 radical (unpaired) electrons. The molecule has 0 aromatic heterocycles. The molecule has 0 saturated carbocycles. The van der Waals surface area contributed by atoms with Crippen molar-refractivity contribution in [2.24, 2.45) is 17.6 Å². The van der Waals surface area contributed by atoms with Crippen molar-refractivity contribution in [2.45, 2.75) is 25.8 Å². The number of likely N-dealkylation sites (tertiary alicyclic amines) is 1. The number of carbonyl (C=O) groups is 1. The molecule has 3 nitrogen and oxygen atoms in total. The number of amides is 1. The lowest BCUT2D eigenvalue weighted by molar-refractivity contribution is -0.133. The summed E-state index contributed by atoms with van der Waals surface area (Å²) in [4.78, 5) is 14.1. The SMILES string of the molecule is CC(N)C1CCN(C(=O)C2CCSC2)C1. The van der Waals surface area contributed by atoms with Crippen LogP contribution in [0.1, 0.15) is 19.8 Å². The molecule has 3 atom stereocenters. The first-order chi connectivity index (χ1) is 7.18. The number of carbonyl (C=O) groups excluding carboxylic acids is 1. The molecule has 2 fully saturated rings. The summed E-state index contributed by atoms with van der Waals surface area (Å²) >= 11 is 1.90. The standard InChI is InChI=1S/C11H20N2OS/c1-8(12)9-2-4-13(6-9)11(14)10-3-5-15-7-10/h8-10H,2-7,12H2,1H3. The summed E-state index contributed by atoms with van der Waals surface area (Å²) in [7, 11) is 0. The molecule has 0 spiro atoms. The Hall–Kier alpha value is -0.220. The van der Waals surface area contributed by atoms with Gasteiger partial charge in [0, 0.05) is 30.8 Å². The minimum atomic E-state index is 0.223. The molecule has 15 heavy (non-hydrogen) atoms. The van der Waals surface area contributed by atoms with Gasteiger partial charge in [0.25, 0.3) is 0 Å². The molecule has 86 valence electrons. The quantitative estimate of drug-likeness (QED) is 0.765. The molecule has 2 rings (SSSR count). The van der Waals surface area contributed by atoms with Crippen molar-refractivity contribution in [3.63, 3.8) is 0 Å². The Morgan fingerprint density at radius 1 is 1.53 bits per heavy atom. The maximum atomic E-state index is 12.1. The fraction of sp³-hybridized carbons (Fsp3) is 0.909. The van der Waals surface area contributed by atoms with Gasteiger partial charge in [0.05, 0.1) is 0 Å². The Labute approximate surface area is 95.8 Å². The van der Waals surface area contributed by atoms with Crippen molar-refractivity contribution in [2.75, 3.05) is 24.6 Å². The van der Waals surface area contributed by atoms with Crippen molar-refractivity contribution in [1.82, 2.24) is 4.90 Å². The molecule has 2 heterocycles. The lowest BCUT2D eigenvalue weighted by Gasteiger charge is -2.21. The van der Waals surface area contributed by atoms with Crippen LogP contribution in [0.15, 0.2) is 0 Å². The molecule has 0 bridgehead atoms. The number of nitrogens with zero attached hydrogens (tertiary/aromatic N) is 1. The van der Waals surface area contributed by atoms with Crippen LogP contribution in [0.5, 0.6) is 0 Å². The molecule has 0 aromatic carbocycles. The Morgan fingerprint density at radius 3 is 2.87 bits per heavy atom. The van der Waals surface area contributed by atoms with Gasteiger partial charge in [-0.2, -0.15) is 11.8 Å². The van der Waals surface area contributed by atoms with Gasteiger partial charge >= 0.3 is 0 Å². The molecule has 2 N–H and O–H groups in total. The van der Waals surface area contributed by atoms with Crippen LogP contribution >= 0.6 is 11.8 Å². The van der Waals surface area contributed by atoms with E-state index in [9.17, 15) is 4.79 Å². The van der Waals surface area contributed by atoms with Gasteiger partial charge in [-0.05, 0) is 31.4 Å². The number of rotatable bonds is 2. The zero-order valence-electron chi connectivity index (χ0n) is 9.32. The van der Waals surface area contributed by atoms with Gasteiger partial charge in [-0.25, -0.2) is 0 Å². The highest BCUT2D eigenvalue weighted by molar-refractivity contribution is 7.99. The first kappa shape index (κ1) is 11.3. The van der Waals surface area contributed by atoms with Gasteiger partial charge in [-0.15, -0.1) is 0 Å². The van der Waals surface area contributed by atoms with Gasteiger partial charge in [-0.1, -0.05) is 0 Å². The number of hydrogen-bond donors (Lipinski definition) is 1. The van der Waals surface area contributed by atoms with E-state index in [0.29, 0.717) is 17.7 Å². The van der Waals surface area contributed by atoms with Crippen LogP contribution in [0.25, 0.3) is 0 Å². The minimum absolute atomic E-state index is 0.223. The zero-order chi connectivity index (χ0) is 10.8. The summed E-state index contributed by atoms with van der Waals surface area (Å²) in [6.45, 7) is 3.86. The Morgan fingerprint density at radius 2 is 2.33 bits per heavy atom. The number of hydrogen-bond acceptors (Lipinski definition) is 3. The lowest BCUT2D eigenvalue weighted by Crippen LogP contribution is -2.36. The largest absolute Gasteiger partial charge is 0.342 e. The summed E-state index contributed by atoms with van der Waals surface area (Å²) in [6.07, 6.45) is 2.16. The fourth-order valence-corrected chi connectivity index (χ4v) is 3.62. The Kier molecular flexibility index (Phi) is 3.57. The summed E-state index contributed by atoms with van der Waals surface area (Å²) in [5.74, 6) is 3.37. The predicted molar refractivity (Wildman–Crippen MR) is 63.8 cm³/mol. The molecular weight excluding hydrogens is 208 g/mol. The summed E-state index contributed by atoms with van der Waals surface area (Å²) in [5, 5.41) is 0. The molecular formula is C11H20N2OS.